The molecule has 1 heterocycles. The summed E-state index contributed by atoms with van der Waals surface area (Å²) in [7, 11) is 1.47. The number of carbonyl (C=O) groups is 1. The molecule has 0 aliphatic rings. The molecule has 0 radical (unpaired) electrons. The number of aromatic nitrogens is 2. The van der Waals surface area contributed by atoms with E-state index in [9.17, 15) is 9.18 Å². The summed E-state index contributed by atoms with van der Waals surface area (Å²) in [6.07, 6.45) is 3.45. The average Bonchev–Trinajstić information content (AvgIpc) is 2.39. The first-order chi connectivity index (χ1) is 8.26. The first kappa shape index (κ1) is 11.2. The number of methoxy groups -OCH3 is 1. The molecule has 5 heteroatoms. The van der Waals surface area contributed by atoms with Gasteiger partial charge in [0.15, 0.2) is 6.29 Å². The van der Waals surface area contributed by atoms with Crippen molar-refractivity contribution >= 4 is 6.29 Å². The highest BCUT2D eigenvalue weighted by Crippen LogP contribution is 2.26. The molecule has 1 aromatic heterocycles. The number of hydrogen-bond donors (Lipinski definition) is 0. The van der Waals surface area contributed by atoms with E-state index >= 15 is 0 Å². The van der Waals surface area contributed by atoms with Crippen LogP contribution in [0, 0.1) is 5.82 Å². The summed E-state index contributed by atoms with van der Waals surface area (Å²) < 4.78 is 18.2. The second-order valence-electron chi connectivity index (χ2n) is 3.27. The van der Waals surface area contributed by atoms with Gasteiger partial charge in [0.25, 0.3) is 0 Å². The maximum Gasteiger partial charge on any atom is 0.240 e. The van der Waals surface area contributed by atoms with Crippen molar-refractivity contribution in [2.75, 3.05) is 7.11 Å². The Bertz CT molecular complexity index is 558. The van der Waals surface area contributed by atoms with E-state index in [1.807, 2.05) is 0 Å². The van der Waals surface area contributed by atoms with Crippen molar-refractivity contribution in [3.05, 3.63) is 42.0 Å². The van der Waals surface area contributed by atoms with Crippen molar-refractivity contribution in [1.82, 2.24) is 9.97 Å². The van der Waals surface area contributed by atoms with Crippen LogP contribution in [0.4, 0.5) is 4.39 Å². The third kappa shape index (κ3) is 2.13. The summed E-state index contributed by atoms with van der Waals surface area (Å²) in [5, 5.41) is 0. The summed E-state index contributed by atoms with van der Waals surface area (Å²) in [6.45, 7) is 0. The van der Waals surface area contributed by atoms with Gasteiger partial charge >= 0.3 is 0 Å². The molecule has 1 aromatic carbocycles. The number of halogens is 1. The van der Waals surface area contributed by atoms with Gasteiger partial charge in [0.1, 0.15) is 11.5 Å². The van der Waals surface area contributed by atoms with E-state index < -0.39 is 5.82 Å². The van der Waals surface area contributed by atoms with Gasteiger partial charge < -0.3 is 4.74 Å². The van der Waals surface area contributed by atoms with Gasteiger partial charge in [-0.15, -0.1) is 0 Å². The number of aldehydes is 1. The lowest BCUT2D eigenvalue weighted by Gasteiger charge is -2.06. The van der Waals surface area contributed by atoms with Crippen LogP contribution in [0.25, 0.3) is 11.3 Å². The average molecular weight is 232 g/mol. The summed E-state index contributed by atoms with van der Waals surface area (Å²) in [4.78, 5) is 18.7. The van der Waals surface area contributed by atoms with Crippen LogP contribution in [-0.2, 0) is 0 Å². The van der Waals surface area contributed by atoms with Crippen LogP contribution >= 0.6 is 0 Å². The van der Waals surface area contributed by atoms with E-state index in [1.54, 1.807) is 0 Å². The van der Waals surface area contributed by atoms with Gasteiger partial charge in [0.2, 0.25) is 5.88 Å². The molecular formula is C12H9FN2O2. The first-order valence-corrected chi connectivity index (χ1v) is 4.86. The fourth-order valence-electron chi connectivity index (χ4n) is 1.45. The summed E-state index contributed by atoms with van der Waals surface area (Å²) in [5.41, 5.74) is 1.03. The zero-order valence-electron chi connectivity index (χ0n) is 9.05. The Balaban J connectivity index is 2.56. The monoisotopic (exact) mass is 232 g/mol. The molecule has 0 fully saturated rings. The topological polar surface area (TPSA) is 52.1 Å². The second kappa shape index (κ2) is 4.69. The molecule has 0 saturated carbocycles. The highest BCUT2D eigenvalue weighted by atomic mass is 19.1. The molecule has 0 bridgehead atoms. The predicted octanol–water partition coefficient (Wildman–Crippen LogP) is 2.10. The number of carbonyl (C=O) groups excluding carboxylic acids is 1. The summed E-state index contributed by atoms with van der Waals surface area (Å²) in [6, 6.07) is 4.15. The third-order valence-corrected chi connectivity index (χ3v) is 2.25. The molecule has 2 rings (SSSR count). The second-order valence-corrected chi connectivity index (χ2v) is 3.27. The molecule has 0 N–H and O–H groups in total. The van der Waals surface area contributed by atoms with Crippen LogP contribution in [0.2, 0.25) is 0 Å². The van der Waals surface area contributed by atoms with Crippen LogP contribution in [0.3, 0.4) is 0 Å². The van der Waals surface area contributed by atoms with Gasteiger partial charge in [-0.05, 0) is 18.2 Å². The molecule has 0 aliphatic heterocycles. The minimum absolute atomic E-state index is 0.0183. The van der Waals surface area contributed by atoms with E-state index in [4.69, 9.17) is 4.74 Å². The maximum atomic E-state index is 13.2. The summed E-state index contributed by atoms with van der Waals surface area (Å²) in [5.74, 6) is -0.234. The van der Waals surface area contributed by atoms with Gasteiger partial charge in [0, 0.05) is 18.0 Å². The minimum Gasteiger partial charge on any atom is -0.479 e. The van der Waals surface area contributed by atoms with Crippen LogP contribution in [0.15, 0.2) is 30.6 Å². The van der Waals surface area contributed by atoms with Gasteiger partial charge in [-0.3, -0.25) is 4.79 Å². The Morgan fingerprint density at radius 2 is 2.06 bits per heavy atom. The van der Waals surface area contributed by atoms with E-state index in [0.717, 1.165) is 0 Å². The quantitative estimate of drug-likeness (QED) is 0.760. The van der Waals surface area contributed by atoms with Gasteiger partial charge in [-0.1, -0.05) is 0 Å². The van der Waals surface area contributed by atoms with E-state index in [2.05, 4.69) is 9.97 Å². The van der Waals surface area contributed by atoms with E-state index in [1.165, 1.54) is 37.7 Å². The fourth-order valence-corrected chi connectivity index (χ4v) is 1.45. The number of hydrogen-bond acceptors (Lipinski definition) is 4. The molecule has 0 aliphatic carbocycles. The molecule has 17 heavy (non-hydrogen) atoms. The molecule has 4 nitrogen and oxygen atoms in total. The van der Waals surface area contributed by atoms with Gasteiger partial charge in [-0.25, -0.2) is 14.4 Å². The zero-order chi connectivity index (χ0) is 12.3. The molecule has 86 valence electrons. The van der Waals surface area contributed by atoms with Crippen LogP contribution in [-0.4, -0.2) is 23.4 Å². The Morgan fingerprint density at radius 1 is 1.29 bits per heavy atom. The van der Waals surface area contributed by atoms with Crippen molar-refractivity contribution in [3.63, 3.8) is 0 Å². The molecule has 0 amide bonds. The molecule has 2 aromatic rings. The lowest BCUT2D eigenvalue weighted by Crippen LogP contribution is -1.95. The lowest BCUT2D eigenvalue weighted by atomic mass is 10.1. The number of ether oxygens (including phenoxy) is 1. The number of benzene rings is 1. The first-order valence-electron chi connectivity index (χ1n) is 4.86. The smallest absolute Gasteiger partial charge is 0.240 e. The van der Waals surface area contributed by atoms with Crippen molar-refractivity contribution in [2.24, 2.45) is 0 Å². The highest BCUT2D eigenvalue weighted by Gasteiger charge is 2.10. The lowest BCUT2D eigenvalue weighted by molar-refractivity contribution is 0.112. The number of nitrogens with zero attached hydrogens (tertiary/aromatic N) is 2. The van der Waals surface area contributed by atoms with Crippen molar-refractivity contribution in [2.45, 2.75) is 0 Å². The SMILES string of the molecule is COc1nccnc1-c1ccc(F)c(C=O)c1. The van der Waals surface area contributed by atoms with Crippen LogP contribution < -0.4 is 4.74 Å². The van der Waals surface area contributed by atoms with Crippen molar-refractivity contribution in [3.8, 4) is 17.1 Å². The Kier molecular flexibility index (Phi) is 3.09. The maximum absolute atomic E-state index is 13.2. The molecule has 0 atom stereocenters. The zero-order valence-corrected chi connectivity index (χ0v) is 9.05. The van der Waals surface area contributed by atoms with Crippen molar-refractivity contribution in [1.29, 1.82) is 0 Å². The fraction of sp³-hybridized carbons (Fsp3) is 0.0833. The largest absolute Gasteiger partial charge is 0.479 e. The predicted molar refractivity (Wildman–Crippen MR) is 59.4 cm³/mol. The minimum atomic E-state index is -0.563. The van der Waals surface area contributed by atoms with E-state index in [-0.39, 0.29) is 5.56 Å². The normalized spacial score (nSPS) is 10.0. The van der Waals surface area contributed by atoms with Crippen LogP contribution in [0.1, 0.15) is 10.4 Å². The number of rotatable bonds is 3. The van der Waals surface area contributed by atoms with Gasteiger partial charge in [-0.2, -0.15) is 0 Å². The van der Waals surface area contributed by atoms with E-state index in [0.29, 0.717) is 23.4 Å². The molecule has 0 unspecified atom stereocenters. The Labute approximate surface area is 97.1 Å². The molecular weight excluding hydrogens is 223 g/mol. The van der Waals surface area contributed by atoms with Gasteiger partial charge in [0.05, 0.1) is 12.7 Å². The highest BCUT2D eigenvalue weighted by molar-refractivity contribution is 5.79. The summed E-state index contributed by atoms with van der Waals surface area (Å²) >= 11 is 0. The third-order valence-electron chi connectivity index (χ3n) is 2.25. The standard InChI is InChI=1S/C12H9FN2O2/c1-17-12-11(14-4-5-15-12)8-2-3-10(13)9(6-8)7-16/h2-7H,1H3. The van der Waals surface area contributed by atoms with Crippen LogP contribution in [0.5, 0.6) is 5.88 Å². The molecule has 0 saturated heterocycles. The Morgan fingerprint density at radius 3 is 2.76 bits per heavy atom. The van der Waals surface area contributed by atoms with Crippen molar-refractivity contribution < 1.29 is 13.9 Å². The Hall–Kier alpha value is -2.30. The molecule has 0 spiro atoms.